The van der Waals surface area contributed by atoms with Gasteiger partial charge in [-0.1, -0.05) is 25.5 Å². The van der Waals surface area contributed by atoms with Crippen LogP contribution in [-0.4, -0.2) is 22.0 Å². The van der Waals surface area contributed by atoms with Crippen molar-refractivity contribution in [3.05, 3.63) is 70.9 Å². The molecular formula is C23H20F3N3O3. The van der Waals surface area contributed by atoms with Gasteiger partial charge in [0.2, 0.25) is 5.91 Å². The Morgan fingerprint density at radius 1 is 1.16 bits per heavy atom. The highest BCUT2D eigenvalue weighted by Crippen LogP contribution is 2.30. The number of nitrogens with two attached hydrogens (primary N) is 1. The lowest BCUT2D eigenvalue weighted by Gasteiger charge is -2.12. The highest BCUT2D eigenvalue weighted by atomic mass is 19.4. The van der Waals surface area contributed by atoms with Crippen molar-refractivity contribution in [3.63, 3.8) is 0 Å². The number of carboxylic acids is 1. The van der Waals surface area contributed by atoms with E-state index in [2.05, 4.69) is 10.3 Å². The Labute approximate surface area is 181 Å². The Morgan fingerprint density at radius 3 is 2.44 bits per heavy atom. The van der Waals surface area contributed by atoms with Crippen molar-refractivity contribution in [1.82, 2.24) is 4.98 Å². The first-order valence-corrected chi connectivity index (χ1v) is 9.72. The van der Waals surface area contributed by atoms with Gasteiger partial charge in [0.25, 0.3) is 0 Å². The third kappa shape index (κ3) is 5.05. The molecule has 6 nitrogen and oxygen atoms in total. The normalized spacial score (nSPS) is 11.8. The maximum atomic E-state index is 12.6. The van der Waals surface area contributed by atoms with Crippen molar-refractivity contribution in [1.29, 1.82) is 0 Å². The van der Waals surface area contributed by atoms with Gasteiger partial charge in [-0.05, 0) is 48.4 Å². The number of hydrogen-bond acceptors (Lipinski definition) is 4. The Morgan fingerprint density at radius 2 is 1.84 bits per heavy atom. The van der Waals surface area contributed by atoms with E-state index < -0.39 is 23.6 Å². The quantitative estimate of drug-likeness (QED) is 0.458. The number of pyridine rings is 1. The molecule has 0 aliphatic heterocycles. The molecule has 0 saturated heterocycles. The smallest absolute Gasteiger partial charge is 0.416 e. The summed E-state index contributed by atoms with van der Waals surface area (Å²) in [4.78, 5) is 28.3. The molecule has 3 aromatic rings. The van der Waals surface area contributed by atoms with Crippen molar-refractivity contribution < 1.29 is 27.9 Å². The van der Waals surface area contributed by atoms with E-state index in [0.717, 1.165) is 12.1 Å². The zero-order chi connectivity index (χ0) is 23.5. The van der Waals surface area contributed by atoms with Crippen LogP contribution in [0.15, 0.2) is 48.5 Å². The largest absolute Gasteiger partial charge is 0.478 e. The van der Waals surface area contributed by atoms with Gasteiger partial charge in [-0.3, -0.25) is 9.78 Å². The number of aromatic carboxylic acids is 1. The highest BCUT2D eigenvalue weighted by Gasteiger charge is 2.29. The summed E-state index contributed by atoms with van der Waals surface area (Å²) in [5.74, 6) is -1.69. The molecule has 2 aromatic carbocycles. The van der Waals surface area contributed by atoms with Crippen LogP contribution in [0.4, 0.5) is 24.5 Å². The minimum atomic E-state index is -4.43. The number of aryl methyl sites for hydroxylation is 1. The molecule has 0 unspecified atom stereocenters. The predicted octanol–water partition coefficient (Wildman–Crippen LogP) is 5.14. The van der Waals surface area contributed by atoms with Crippen molar-refractivity contribution in [2.75, 3.05) is 11.1 Å². The van der Waals surface area contributed by atoms with E-state index in [9.17, 15) is 27.9 Å². The summed E-state index contributed by atoms with van der Waals surface area (Å²) in [7, 11) is 0. The first kappa shape index (κ1) is 22.8. The molecule has 0 aliphatic carbocycles. The molecule has 3 rings (SSSR count). The second-order valence-electron chi connectivity index (χ2n) is 7.08. The molecule has 4 N–H and O–H groups in total. The molecule has 0 spiro atoms. The van der Waals surface area contributed by atoms with Crippen LogP contribution in [0.25, 0.3) is 17.0 Å². The van der Waals surface area contributed by atoms with E-state index in [0.29, 0.717) is 40.7 Å². The Bertz CT molecular complexity index is 1200. The summed E-state index contributed by atoms with van der Waals surface area (Å²) >= 11 is 0. The van der Waals surface area contributed by atoms with E-state index in [4.69, 9.17) is 5.73 Å². The molecule has 0 aliphatic rings. The Kier molecular flexibility index (Phi) is 6.47. The van der Waals surface area contributed by atoms with Gasteiger partial charge in [-0.15, -0.1) is 0 Å². The molecule has 1 heterocycles. The van der Waals surface area contributed by atoms with Gasteiger partial charge in [-0.25, -0.2) is 4.79 Å². The number of nitrogens with zero attached hydrogens (tertiary/aromatic N) is 1. The topological polar surface area (TPSA) is 105 Å². The number of rotatable bonds is 6. The number of fused-ring (bicyclic) bond motifs is 1. The van der Waals surface area contributed by atoms with Crippen LogP contribution in [0.1, 0.15) is 40.5 Å². The molecule has 0 saturated carbocycles. The van der Waals surface area contributed by atoms with E-state index in [1.54, 1.807) is 12.1 Å². The van der Waals surface area contributed by atoms with E-state index >= 15 is 0 Å². The van der Waals surface area contributed by atoms with Crippen LogP contribution < -0.4 is 11.1 Å². The summed E-state index contributed by atoms with van der Waals surface area (Å²) in [6.45, 7) is 1.91. The predicted molar refractivity (Wildman–Crippen MR) is 116 cm³/mol. The number of carbonyl (C=O) groups is 2. The number of benzene rings is 2. The fourth-order valence-corrected chi connectivity index (χ4v) is 3.21. The molecule has 1 aromatic heterocycles. The fourth-order valence-electron chi connectivity index (χ4n) is 3.21. The highest BCUT2D eigenvalue weighted by molar-refractivity contribution is 6.07. The zero-order valence-corrected chi connectivity index (χ0v) is 17.0. The van der Waals surface area contributed by atoms with Gasteiger partial charge < -0.3 is 16.2 Å². The van der Waals surface area contributed by atoms with Crippen molar-refractivity contribution in [2.45, 2.75) is 25.9 Å². The fraction of sp³-hybridized carbons (Fsp3) is 0.174. The minimum absolute atomic E-state index is 0.0509. The number of amides is 1. The molecule has 0 atom stereocenters. The summed E-state index contributed by atoms with van der Waals surface area (Å²) < 4.78 is 37.9. The zero-order valence-electron chi connectivity index (χ0n) is 17.0. The first-order chi connectivity index (χ1) is 15.1. The van der Waals surface area contributed by atoms with Crippen molar-refractivity contribution >= 4 is 40.2 Å². The summed E-state index contributed by atoms with van der Waals surface area (Å²) in [5.41, 5.74) is 7.05. The Balaban J connectivity index is 1.81. The average Bonchev–Trinajstić information content (AvgIpc) is 2.72. The lowest BCUT2D eigenvalue weighted by atomic mass is 10.0. The number of nitrogen functional groups attached to an aromatic ring is 1. The van der Waals surface area contributed by atoms with Crippen LogP contribution in [0.2, 0.25) is 0 Å². The monoisotopic (exact) mass is 443 g/mol. The van der Waals surface area contributed by atoms with Crippen LogP contribution >= 0.6 is 0 Å². The number of aromatic nitrogens is 1. The summed E-state index contributed by atoms with van der Waals surface area (Å²) in [6, 6.07) is 9.16. The van der Waals surface area contributed by atoms with Gasteiger partial charge in [0.1, 0.15) is 5.56 Å². The van der Waals surface area contributed by atoms with E-state index in [1.807, 2.05) is 6.92 Å². The molecule has 32 heavy (non-hydrogen) atoms. The second-order valence-corrected chi connectivity index (χ2v) is 7.08. The molecule has 1 amide bonds. The molecular weight excluding hydrogens is 423 g/mol. The van der Waals surface area contributed by atoms with Crippen LogP contribution in [0, 0.1) is 0 Å². The number of carboxylic acid groups (broad SMARTS) is 1. The Hall–Kier alpha value is -3.88. The van der Waals surface area contributed by atoms with Crippen molar-refractivity contribution in [3.8, 4) is 0 Å². The molecule has 9 heteroatoms. The number of carbonyl (C=O) groups excluding carboxylic acids is 1. The standard InChI is InChI=1S/C23H20F3N3O3/c1-2-3-18-20(22(31)32)21(27)16-12-15(9-10-17(16)29-18)28-19(30)11-6-13-4-7-14(8-5-13)23(24,25)26/h4-12H,2-3H2,1H3,(H2,27,29)(H,28,30)(H,31,32). The van der Waals surface area contributed by atoms with Gasteiger partial charge in [0.05, 0.1) is 22.5 Å². The molecule has 0 radical (unpaired) electrons. The lowest BCUT2D eigenvalue weighted by molar-refractivity contribution is -0.137. The van der Waals surface area contributed by atoms with Crippen LogP contribution in [0.5, 0.6) is 0 Å². The second kappa shape index (κ2) is 9.09. The molecule has 166 valence electrons. The molecule has 0 bridgehead atoms. The van der Waals surface area contributed by atoms with Gasteiger partial charge >= 0.3 is 12.1 Å². The first-order valence-electron chi connectivity index (χ1n) is 9.72. The number of halogens is 3. The van der Waals surface area contributed by atoms with Gasteiger partial charge in [0, 0.05) is 17.1 Å². The minimum Gasteiger partial charge on any atom is -0.478 e. The maximum absolute atomic E-state index is 12.6. The SMILES string of the molecule is CCCc1nc2ccc(NC(=O)C=Cc3ccc(C(F)(F)F)cc3)cc2c(N)c1C(=O)O. The maximum Gasteiger partial charge on any atom is 0.416 e. The van der Waals surface area contributed by atoms with E-state index in [-0.39, 0.29) is 11.3 Å². The van der Waals surface area contributed by atoms with Crippen molar-refractivity contribution in [2.24, 2.45) is 0 Å². The lowest BCUT2D eigenvalue weighted by Crippen LogP contribution is -2.11. The third-order valence-corrected chi connectivity index (χ3v) is 4.73. The summed E-state index contributed by atoms with van der Waals surface area (Å²) in [5, 5.41) is 12.5. The number of anilines is 2. The molecule has 0 fully saturated rings. The number of alkyl halides is 3. The van der Waals surface area contributed by atoms with Crippen LogP contribution in [0.3, 0.4) is 0 Å². The third-order valence-electron chi connectivity index (χ3n) is 4.73. The van der Waals surface area contributed by atoms with E-state index in [1.165, 1.54) is 30.4 Å². The van der Waals surface area contributed by atoms with Gasteiger partial charge in [0.15, 0.2) is 0 Å². The number of hydrogen-bond donors (Lipinski definition) is 3. The van der Waals surface area contributed by atoms with Crippen LogP contribution in [-0.2, 0) is 17.4 Å². The summed E-state index contributed by atoms with van der Waals surface area (Å²) in [6.07, 6.45) is -0.690. The average molecular weight is 443 g/mol. The number of nitrogens with one attached hydrogen (secondary N) is 1. The van der Waals surface area contributed by atoms with Gasteiger partial charge in [-0.2, -0.15) is 13.2 Å².